The minimum Gasteiger partial charge on any atom is -0.362 e. The Labute approximate surface area is 177 Å². The summed E-state index contributed by atoms with van der Waals surface area (Å²) in [6.45, 7) is 13.6. The second-order valence-electron chi connectivity index (χ2n) is 7.93. The van der Waals surface area contributed by atoms with E-state index < -0.39 is 11.8 Å². The van der Waals surface area contributed by atoms with Crippen molar-refractivity contribution in [1.82, 2.24) is 10.2 Å². The SMILES string of the molecule is C=CCN1C(=O)/C(=C/c2ccc3c(c2)C(C)=CC(C)(C)N3CCC)C(=O)NC1=S. The second-order valence-corrected chi connectivity index (χ2v) is 8.32. The molecule has 1 aromatic carbocycles. The Morgan fingerprint density at radius 2 is 2.00 bits per heavy atom. The number of benzene rings is 1. The van der Waals surface area contributed by atoms with Crippen molar-refractivity contribution in [2.75, 3.05) is 18.0 Å². The van der Waals surface area contributed by atoms with Gasteiger partial charge in [-0.1, -0.05) is 25.1 Å². The lowest BCUT2D eigenvalue weighted by atomic mass is 9.87. The summed E-state index contributed by atoms with van der Waals surface area (Å²) in [5, 5.41) is 2.69. The Bertz CT molecular complexity index is 959. The summed E-state index contributed by atoms with van der Waals surface area (Å²) in [4.78, 5) is 28.9. The van der Waals surface area contributed by atoms with Gasteiger partial charge in [0.25, 0.3) is 11.8 Å². The lowest BCUT2D eigenvalue weighted by molar-refractivity contribution is -0.128. The van der Waals surface area contributed by atoms with Gasteiger partial charge in [-0.3, -0.25) is 19.8 Å². The van der Waals surface area contributed by atoms with Crippen LogP contribution in [0.15, 0.2) is 42.5 Å². The van der Waals surface area contributed by atoms with Crippen LogP contribution in [0, 0.1) is 0 Å². The van der Waals surface area contributed by atoms with Gasteiger partial charge in [0.05, 0.1) is 5.54 Å². The summed E-state index contributed by atoms with van der Waals surface area (Å²) in [5.74, 6) is -0.878. The van der Waals surface area contributed by atoms with Gasteiger partial charge >= 0.3 is 0 Å². The van der Waals surface area contributed by atoms with Crippen LogP contribution in [0.5, 0.6) is 0 Å². The van der Waals surface area contributed by atoms with Crippen molar-refractivity contribution in [3.63, 3.8) is 0 Å². The third-order valence-corrected chi connectivity index (χ3v) is 5.58. The molecule has 0 spiro atoms. The van der Waals surface area contributed by atoms with Crippen LogP contribution >= 0.6 is 12.2 Å². The topological polar surface area (TPSA) is 52.7 Å². The molecule has 3 rings (SSSR count). The molecule has 2 aliphatic heterocycles. The molecule has 0 atom stereocenters. The molecule has 0 saturated carbocycles. The van der Waals surface area contributed by atoms with E-state index in [9.17, 15) is 9.59 Å². The van der Waals surface area contributed by atoms with Crippen LogP contribution in [0.4, 0.5) is 5.69 Å². The number of thiocarbonyl (C=S) groups is 1. The molecular formula is C23H27N3O2S. The maximum absolute atomic E-state index is 12.8. The normalized spacial score (nSPS) is 19.8. The maximum atomic E-state index is 12.8. The number of allylic oxidation sites excluding steroid dienone is 1. The lowest BCUT2D eigenvalue weighted by Crippen LogP contribution is -2.53. The van der Waals surface area contributed by atoms with Crippen LogP contribution < -0.4 is 10.2 Å². The number of hydrogen-bond acceptors (Lipinski definition) is 4. The number of carbonyl (C=O) groups is 2. The van der Waals surface area contributed by atoms with E-state index in [-0.39, 0.29) is 22.8 Å². The molecule has 2 heterocycles. The molecule has 0 aromatic heterocycles. The summed E-state index contributed by atoms with van der Waals surface area (Å²) in [5.41, 5.74) is 4.29. The van der Waals surface area contributed by atoms with Crippen LogP contribution in [0.25, 0.3) is 11.6 Å². The van der Waals surface area contributed by atoms with Crippen molar-refractivity contribution in [3.05, 3.63) is 53.6 Å². The zero-order chi connectivity index (χ0) is 21.3. The molecule has 2 aliphatic rings. The predicted molar refractivity (Wildman–Crippen MR) is 122 cm³/mol. The number of anilines is 1. The first kappa shape index (κ1) is 21.0. The monoisotopic (exact) mass is 409 g/mol. The fourth-order valence-electron chi connectivity index (χ4n) is 3.98. The zero-order valence-corrected chi connectivity index (χ0v) is 18.2. The first-order chi connectivity index (χ1) is 13.7. The fraction of sp³-hybridized carbons (Fsp3) is 0.348. The van der Waals surface area contributed by atoms with Crippen molar-refractivity contribution in [3.8, 4) is 0 Å². The van der Waals surface area contributed by atoms with Crippen molar-refractivity contribution in [2.45, 2.75) is 39.7 Å². The third-order valence-electron chi connectivity index (χ3n) is 5.26. The van der Waals surface area contributed by atoms with Crippen molar-refractivity contribution < 1.29 is 9.59 Å². The van der Waals surface area contributed by atoms with Crippen molar-refractivity contribution in [2.24, 2.45) is 0 Å². The van der Waals surface area contributed by atoms with Crippen molar-refractivity contribution in [1.29, 1.82) is 0 Å². The van der Waals surface area contributed by atoms with Crippen LogP contribution in [0.3, 0.4) is 0 Å². The van der Waals surface area contributed by atoms with Crippen LogP contribution in [-0.2, 0) is 9.59 Å². The van der Waals surface area contributed by atoms with E-state index in [1.807, 2.05) is 12.1 Å². The van der Waals surface area contributed by atoms with E-state index in [2.05, 4.69) is 56.6 Å². The summed E-state index contributed by atoms with van der Waals surface area (Å²) in [6.07, 6.45) is 6.53. The molecule has 2 amide bonds. The molecule has 29 heavy (non-hydrogen) atoms. The molecule has 6 heteroatoms. The lowest BCUT2D eigenvalue weighted by Gasteiger charge is -2.43. The van der Waals surface area contributed by atoms with Crippen LogP contribution in [-0.4, -0.2) is 40.5 Å². The minimum atomic E-state index is -0.473. The first-order valence-electron chi connectivity index (χ1n) is 9.81. The summed E-state index contributed by atoms with van der Waals surface area (Å²) < 4.78 is 0. The highest BCUT2D eigenvalue weighted by atomic mass is 32.1. The molecule has 0 radical (unpaired) electrons. The molecule has 0 unspecified atom stereocenters. The van der Waals surface area contributed by atoms with E-state index in [0.29, 0.717) is 0 Å². The number of amides is 2. The fourth-order valence-corrected chi connectivity index (χ4v) is 4.23. The Morgan fingerprint density at radius 1 is 1.28 bits per heavy atom. The van der Waals surface area contributed by atoms with E-state index in [1.165, 1.54) is 16.2 Å². The standard InChI is InChI=1S/C23H27N3O2S/c1-6-10-25-21(28)18(20(27)24-22(25)29)13-16-8-9-19-17(12-16)15(3)14-23(4,5)26(19)11-7-2/h6,8-9,12-14H,1,7,10-11H2,2-5H3,(H,24,27,29)/b18-13+. The number of nitrogens with one attached hydrogen (secondary N) is 1. The van der Waals surface area contributed by atoms with E-state index >= 15 is 0 Å². The average molecular weight is 410 g/mol. The number of carbonyl (C=O) groups excluding carboxylic acids is 2. The van der Waals surface area contributed by atoms with Crippen LogP contribution in [0.1, 0.15) is 45.2 Å². The minimum absolute atomic E-state index is 0.0623. The number of rotatable bonds is 5. The van der Waals surface area contributed by atoms with Gasteiger partial charge in [-0.05, 0) is 68.8 Å². The number of hydrogen-bond donors (Lipinski definition) is 1. The number of nitrogens with zero attached hydrogens (tertiary/aromatic N) is 2. The highest BCUT2D eigenvalue weighted by molar-refractivity contribution is 7.80. The maximum Gasteiger partial charge on any atom is 0.265 e. The van der Waals surface area contributed by atoms with Crippen LogP contribution in [0.2, 0.25) is 0 Å². The number of fused-ring (bicyclic) bond motifs is 1. The van der Waals surface area contributed by atoms with E-state index in [1.54, 1.807) is 12.2 Å². The molecule has 5 nitrogen and oxygen atoms in total. The quantitative estimate of drug-likeness (QED) is 0.347. The second kappa shape index (κ2) is 7.95. The predicted octanol–water partition coefficient (Wildman–Crippen LogP) is 3.91. The highest BCUT2D eigenvalue weighted by Gasteiger charge is 2.33. The first-order valence-corrected chi connectivity index (χ1v) is 10.2. The molecular weight excluding hydrogens is 382 g/mol. The summed E-state index contributed by atoms with van der Waals surface area (Å²) >= 11 is 5.10. The van der Waals surface area contributed by atoms with Crippen molar-refractivity contribution >= 4 is 46.5 Å². The van der Waals surface area contributed by atoms with Gasteiger partial charge in [0.2, 0.25) is 0 Å². The average Bonchev–Trinajstić information content (AvgIpc) is 2.65. The largest absolute Gasteiger partial charge is 0.362 e. The Morgan fingerprint density at radius 3 is 2.66 bits per heavy atom. The van der Waals surface area contributed by atoms with E-state index in [4.69, 9.17) is 12.2 Å². The van der Waals surface area contributed by atoms with E-state index in [0.717, 1.165) is 24.1 Å². The Hall–Kier alpha value is -2.73. The smallest absolute Gasteiger partial charge is 0.265 e. The van der Waals surface area contributed by atoms with Gasteiger partial charge in [-0.25, -0.2) is 0 Å². The van der Waals surface area contributed by atoms with Gasteiger partial charge in [-0.2, -0.15) is 0 Å². The Kier molecular flexibility index (Phi) is 5.75. The Balaban J connectivity index is 2.02. The molecule has 1 fully saturated rings. The summed E-state index contributed by atoms with van der Waals surface area (Å²) in [7, 11) is 0. The van der Waals surface area contributed by atoms with Gasteiger partial charge in [0, 0.05) is 24.3 Å². The molecule has 0 aliphatic carbocycles. The molecule has 152 valence electrons. The molecule has 1 aromatic rings. The third kappa shape index (κ3) is 3.90. The molecule has 1 saturated heterocycles. The molecule has 0 bridgehead atoms. The zero-order valence-electron chi connectivity index (χ0n) is 17.4. The van der Waals surface area contributed by atoms with Gasteiger partial charge in [0.1, 0.15) is 5.57 Å². The summed E-state index contributed by atoms with van der Waals surface area (Å²) in [6, 6.07) is 6.07. The highest BCUT2D eigenvalue weighted by Crippen LogP contribution is 2.39. The molecule has 1 N–H and O–H groups in total. The van der Waals surface area contributed by atoms with Gasteiger partial charge in [0.15, 0.2) is 5.11 Å². The van der Waals surface area contributed by atoms with Gasteiger partial charge < -0.3 is 4.90 Å². The van der Waals surface area contributed by atoms with Gasteiger partial charge in [-0.15, -0.1) is 6.58 Å².